The molecule has 0 saturated heterocycles. The molecule has 6 heteroatoms. The molecule has 2 amide bonds. The van der Waals surface area contributed by atoms with Crippen molar-refractivity contribution in [2.24, 2.45) is 5.73 Å². The smallest absolute Gasteiger partial charge is 0.279 e. The van der Waals surface area contributed by atoms with Crippen molar-refractivity contribution in [2.75, 3.05) is 4.90 Å². The fraction of sp³-hybridized carbons (Fsp3) is 0.258. The first-order valence-electron chi connectivity index (χ1n) is 12.5. The highest BCUT2D eigenvalue weighted by Crippen LogP contribution is 2.39. The van der Waals surface area contributed by atoms with Crippen LogP contribution in [0.2, 0.25) is 0 Å². The molecule has 0 atom stereocenters. The number of hydrogen-bond donors (Lipinski definition) is 1. The van der Waals surface area contributed by atoms with Gasteiger partial charge >= 0.3 is 0 Å². The molecule has 5 rings (SSSR count). The Morgan fingerprint density at radius 2 is 1.57 bits per heavy atom. The maximum Gasteiger partial charge on any atom is 0.279 e. The van der Waals surface area contributed by atoms with Crippen LogP contribution >= 0.6 is 0 Å². The van der Waals surface area contributed by atoms with E-state index in [0.717, 1.165) is 44.9 Å². The second kappa shape index (κ2) is 8.73. The minimum atomic E-state index is -0.476. The number of nitrogens with two attached hydrogens (primary N) is 1. The van der Waals surface area contributed by atoms with Crippen molar-refractivity contribution in [3.8, 4) is 16.9 Å². The average molecular weight is 493 g/mol. The molecule has 1 aliphatic rings. The standard InChI is InChI=1S/C31H32N4O2/c1-18-10-15-23(31(4,5)6)16-25(18)34-17-24-26(30(34)37)33-35(27-19(2)8-7-9-20(27)3)28(24)21-11-13-22(14-12-21)29(32)36/h7-16H,17H2,1-6H3,(H2,32,36). The van der Waals surface area contributed by atoms with Crippen molar-refractivity contribution >= 4 is 17.5 Å². The lowest BCUT2D eigenvalue weighted by Gasteiger charge is -2.25. The molecule has 1 aromatic heterocycles. The maximum atomic E-state index is 13.8. The number of aromatic nitrogens is 2. The Kier molecular flexibility index (Phi) is 5.78. The largest absolute Gasteiger partial charge is 0.366 e. The summed E-state index contributed by atoms with van der Waals surface area (Å²) in [4.78, 5) is 27.4. The Bertz CT molecular complexity index is 1540. The molecule has 1 aliphatic heterocycles. The van der Waals surface area contributed by atoms with E-state index in [9.17, 15) is 9.59 Å². The molecule has 0 unspecified atom stereocenters. The third-order valence-electron chi connectivity index (χ3n) is 7.21. The fourth-order valence-corrected chi connectivity index (χ4v) is 5.08. The Hall–Kier alpha value is -4.19. The van der Waals surface area contributed by atoms with Crippen molar-refractivity contribution in [3.63, 3.8) is 0 Å². The number of carbonyl (C=O) groups is 2. The highest BCUT2D eigenvalue weighted by atomic mass is 16.2. The first-order valence-corrected chi connectivity index (χ1v) is 12.5. The van der Waals surface area contributed by atoms with Crippen LogP contribution in [0, 0.1) is 20.8 Å². The molecular weight excluding hydrogens is 460 g/mol. The molecule has 4 aromatic rings. The van der Waals surface area contributed by atoms with Gasteiger partial charge in [0.25, 0.3) is 5.91 Å². The molecule has 0 aliphatic carbocycles. The number of fused-ring (bicyclic) bond motifs is 1. The molecule has 0 saturated carbocycles. The summed E-state index contributed by atoms with van der Waals surface area (Å²) in [5.74, 6) is -0.584. The lowest BCUT2D eigenvalue weighted by molar-refractivity contribution is 0.0986. The molecule has 2 N–H and O–H groups in total. The molecule has 0 spiro atoms. The third-order valence-corrected chi connectivity index (χ3v) is 7.21. The SMILES string of the molecule is Cc1ccc(C(C)(C)C)cc1N1Cc2c(nn(-c3c(C)cccc3C)c2-c2ccc(C(N)=O)cc2)C1=O. The molecule has 188 valence electrons. The van der Waals surface area contributed by atoms with E-state index >= 15 is 0 Å². The molecule has 3 aromatic carbocycles. The zero-order chi connectivity index (χ0) is 26.6. The summed E-state index contributed by atoms with van der Waals surface area (Å²) >= 11 is 0. The van der Waals surface area contributed by atoms with Crippen LogP contribution in [0.3, 0.4) is 0 Å². The number of amides is 2. The number of anilines is 1. The van der Waals surface area contributed by atoms with Gasteiger partial charge in [0.05, 0.1) is 17.9 Å². The van der Waals surface area contributed by atoms with Crippen LogP contribution in [0.5, 0.6) is 0 Å². The van der Waals surface area contributed by atoms with Gasteiger partial charge in [-0.1, -0.05) is 63.2 Å². The predicted octanol–water partition coefficient (Wildman–Crippen LogP) is 6.02. The topological polar surface area (TPSA) is 81.2 Å². The van der Waals surface area contributed by atoms with Gasteiger partial charge in [0.2, 0.25) is 5.91 Å². The monoisotopic (exact) mass is 492 g/mol. The third kappa shape index (κ3) is 4.12. The quantitative estimate of drug-likeness (QED) is 0.378. The van der Waals surface area contributed by atoms with Crippen LogP contribution in [0.4, 0.5) is 5.69 Å². The van der Waals surface area contributed by atoms with Crippen molar-refractivity contribution in [3.05, 3.63) is 99.7 Å². The first-order chi connectivity index (χ1) is 17.5. The molecule has 37 heavy (non-hydrogen) atoms. The molecule has 0 radical (unpaired) electrons. The maximum absolute atomic E-state index is 13.8. The molecular formula is C31H32N4O2. The number of primary amides is 1. The van der Waals surface area contributed by atoms with E-state index in [4.69, 9.17) is 10.8 Å². The summed E-state index contributed by atoms with van der Waals surface area (Å²) in [5, 5.41) is 4.91. The molecule has 0 fully saturated rings. The van der Waals surface area contributed by atoms with Crippen LogP contribution in [-0.2, 0) is 12.0 Å². The minimum Gasteiger partial charge on any atom is -0.366 e. The van der Waals surface area contributed by atoms with Gasteiger partial charge in [-0.2, -0.15) is 5.10 Å². The Morgan fingerprint density at radius 3 is 2.16 bits per heavy atom. The van der Waals surface area contributed by atoms with Crippen molar-refractivity contribution in [1.29, 1.82) is 0 Å². The van der Waals surface area contributed by atoms with Crippen molar-refractivity contribution in [1.82, 2.24) is 9.78 Å². The number of para-hydroxylation sites is 1. The Morgan fingerprint density at radius 1 is 0.919 bits per heavy atom. The van der Waals surface area contributed by atoms with Crippen LogP contribution < -0.4 is 10.6 Å². The zero-order valence-corrected chi connectivity index (χ0v) is 22.2. The number of nitrogens with zero attached hydrogens (tertiary/aromatic N) is 3. The van der Waals surface area contributed by atoms with Gasteiger partial charge in [0.15, 0.2) is 5.69 Å². The second-order valence-electron chi connectivity index (χ2n) is 10.9. The average Bonchev–Trinajstić information content (AvgIpc) is 3.35. The van der Waals surface area contributed by atoms with Gasteiger partial charge in [-0.25, -0.2) is 4.68 Å². The van der Waals surface area contributed by atoms with E-state index in [1.165, 1.54) is 5.56 Å². The summed E-state index contributed by atoms with van der Waals surface area (Å²) < 4.78 is 1.89. The number of rotatable bonds is 4. The molecule has 6 nitrogen and oxygen atoms in total. The van der Waals surface area contributed by atoms with E-state index in [2.05, 4.69) is 39.0 Å². The molecule has 2 heterocycles. The highest BCUT2D eigenvalue weighted by molar-refractivity contribution is 6.10. The highest BCUT2D eigenvalue weighted by Gasteiger charge is 2.37. The Labute approximate surface area is 217 Å². The van der Waals surface area contributed by atoms with Crippen molar-refractivity contribution < 1.29 is 9.59 Å². The Balaban J connectivity index is 1.69. The van der Waals surface area contributed by atoms with Crippen molar-refractivity contribution in [2.45, 2.75) is 53.5 Å². The minimum absolute atomic E-state index is 0.0373. The van der Waals surface area contributed by atoms with E-state index in [1.807, 2.05) is 60.7 Å². The van der Waals surface area contributed by atoms with E-state index in [1.54, 1.807) is 12.1 Å². The van der Waals surface area contributed by atoms with Gasteiger partial charge in [0.1, 0.15) is 0 Å². The number of aryl methyl sites for hydroxylation is 3. The lowest BCUT2D eigenvalue weighted by Crippen LogP contribution is -2.26. The van der Waals surface area contributed by atoms with E-state index in [0.29, 0.717) is 17.8 Å². The summed E-state index contributed by atoms with van der Waals surface area (Å²) in [6, 6.07) is 19.6. The number of hydrogen-bond acceptors (Lipinski definition) is 3. The normalized spacial score (nSPS) is 13.2. The number of carbonyl (C=O) groups excluding carboxylic acids is 2. The first kappa shape index (κ1) is 24.5. The van der Waals surface area contributed by atoms with Gasteiger partial charge in [0, 0.05) is 22.4 Å². The predicted molar refractivity (Wildman–Crippen MR) is 147 cm³/mol. The second-order valence-corrected chi connectivity index (χ2v) is 10.9. The van der Waals surface area contributed by atoms with Gasteiger partial charge < -0.3 is 10.6 Å². The molecule has 0 bridgehead atoms. The van der Waals surface area contributed by atoms with Crippen LogP contribution in [0.1, 0.15) is 69.4 Å². The summed E-state index contributed by atoms with van der Waals surface area (Å²) in [7, 11) is 0. The fourth-order valence-electron chi connectivity index (χ4n) is 5.08. The van der Waals surface area contributed by atoms with Crippen LogP contribution in [-0.4, -0.2) is 21.6 Å². The number of benzene rings is 3. The summed E-state index contributed by atoms with van der Waals surface area (Å²) in [6.07, 6.45) is 0. The zero-order valence-electron chi connectivity index (χ0n) is 22.2. The summed E-state index contributed by atoms with van der Waals surface area (Å²) in [6.45, 7) is 13.1. The summed E-state index contributed by atoms with van der Waals surface area (Å²) in [5.41, 5.74) is 15.1. The van der Waals surface area contributed by atoms with Gasteiger partial charge in [-0.3, -0.25) is 9.59 Å². The van der Waals surface area contributed by atoms with Gasteiger partial charge in [-0.15, -0.1) is 0 Å². The lowest BCUT2D eigenvalue weighted by atomic mass is 9.86. The van der Waals surface area contributed by atoms with E-state index in [-0.39, 0.29) is 11.3 Å². The van der Waals surface area contributed by atoms with Crippen LogP contribution in [0.15, 0.2) is 60.7 Å². The van der Waals surface area contributed by atoms with Gasteiger partial charge in [-0.05, 0) is 66.6 Å². The van der Waals surface area contributed by atoms with E-state index < -0.39 is 5.91 Å². The van der Waals surface area contributed by atoms with Crippen LogP contribution in [0.25, 0.3) is 16.9 Å².